The third kappa shape index (κ3) is 3.40. The van der Waals surface area contributed by atoms with Gasteiger partial charge < -0.3 is 9.64 Å². The van der Waals surface area contributed by atoms with Gasteiger partial charge in [-0.2, -0.15) is 0 Å². The van der Waals surface area contributed by atoms with E-state index in [2.05, 4.69) is 4.72 Å². The summed E-state index contributed by atoms with van der Waals surface area (Å²) in [5.41, 5.74) is 0.312. The van der Waals surface area contributed by atoms with Crippen molar-refractivity contribution in [3.8, 4) is 0 Å². The number of fused-ring (bicyclic) bond motifs is 2. The molecule has 2 saturated heterocycles. The Morgan fingerprint density at radius 3 is 2.85 bits per heavy atom. The smallest absolute Gasteiger partial charge is 0.254 e. The lowest BCUT2D eigenvalue weighted by Gasteiger charge is -2.37. The number of rotatable bonds is 5. The van der Waals surface area contributed by atoms with Crippen LogP contribution in [0.3, 0.4) is 0 Å². The minimum atomic E-state index is -3.64. The van der Waals surface area contributed by atoms with E-state index in [9.17, 15) is 13.2 Å². The number of carbonyl (C=O) groups excluding carboxylic acids is 1. The highest BCUT2D eigenvalue weighted by molar-refractivity contribution is 7.89. The summed E-state index contributed by atoms with van der Waals surface area (Å²) in [4.78, 5) is 15.0. The summed E-state index contributed by atoms with van der Waals surface area (Å²) in [5, 5.41) is 0. The SMILES string of the molecule is CC1(CNS(=O)(=O)c2cccc(C(=O)N3C[C@H]4CCC[C@@H]3C4)c2)COC1. The zero-order valence-corrected chi connectivity index (χ0v) is 15.9. The van der Waals surface area contributed by atoms with E-state index in [-0.39, 0.29) is 16.2 Å². The molecule has 7 heteroatoms. The van der Waals surface area contributed by atoms with Gasteiger partial charge in [0.05, 0.1) is 18.1 Å². The number of benzene rings is 1. The average Bonchev–Trinajstić information content (AvgIpc) is 2.91. The highest BCUT2D eigenvalue weighted by Crippen LogP contribution is 2.36. The van der Waals surface area contributed by atoms with Crippen LogP contribution in [0.2, 0.25) is 0 Å². The van der Waals surface area contributed by atoms with Gasteiger partial charge in [-0.05, 0) is 43.4 Å². The molecule has 4 rings (SSSR count). The van der Waals surface area contributed by atoms with Gasteiger partial charge in [0.15, 0.2) is 0 Å². The monoisotopic (exact) mass is 378 g/mol. The minimum absolute atomic E-state index is 0.0456. The number of likely N-dealkylation sites (tertiary alicyclic amines) is 1. The van der Waals surface area contributed by atoms with Crippen LogP contribution in [0, 0.1) is 11.3 Å². The molecule has 0 aromatic heterocycles. The van der Waals surface area contributed by atoms with Crippen molar-refractivity contribution < 1.29 is 17.9 Å². The number of sulfonamides is 1. The third-order valence-corrected chi connectivity index (χ3v) is 7.29. The van der Waals surface area contributed by atoms with Gasteiger partial charge in [0.1, 0.15) is 0 Å². The third-order valence-electron chi connectivity index (χ3n) is 5.89. The molecule has 1 aliphatic carbocycles. The molecule has 1 N–H and O–H groups in total. The van der Waals surface area contributed by atoms with Crippen LogP contribution in [0.15, 0.2) is 29.2 Å². The Balaban J connectivity index is 1.50. The van der Waals surface area contributed by atoms with Gasteiger partial charge in [0.2, 0.25) is 10.0 Å². The molecule has 26 heavy (non-hydrogen) atoms. The number of ether oxygens (including phenoxy) is 1. The topological polar surface area (TPSA) is 75.7 Å². The Bertz CT molecular complexity index is 804. The van der Waals surface area contributed by atoms with Crippen molar-refractivity contribution in [2.45, 2.75) is 43.5 Å². The van der Waals surface area contributed by atoms with Crippen molar-refractivity contribution in [1.29, 1.82) is 0 Å². The maximum Gasteiger partial charge on any atom is 0.254 e. The van der Waals surface area contributed by atoms with E-state index in [1.54, 1.807) is 18.2 Å². The summed E-state index contributed by atoms with van der Waals surface area (Å²) in [6.45, 7) is 4.25. The Labute approximate surface area is 155 Å². The first-order valence-corrected chi connectivity index (χ1v) is 10.8. The van der Waals surface area contributed by atoms with E-state index < -0.39 is 10.0 Å². The maximum absolute atomic E-state index is 12.9. The highest BCUT2D eigenvalue weighted by Gasteiger charge is 2.38. The van der Waals surface area contributed by atoms with Gasteiger partial charge >= 0.3 is 0 Å². The molecule has 2 aliphatic heterocycles. The lowest BCUT2D eigenvalue weighted by molar-refractivity contribution is -0.0965. The predicted octanol–water partition coefficient (Wildman–Crippen LogP) is 2.02. The Morgan fingerprint density at radius 1 is 1.35 bits per heavy atom. The molecule has 1 aromatic carbocycles. The molecule has 0 radical (unpaired) electrons. The maximum atomic E-state index is 12.9. The van der Waals surface area contributed by atoms with Crippen molar-refractivity contribution >= 4 is 15.9 Å². The van der Waals surface area contributed by atoms with Gasteiger partial charge in [-0.25, -0.2) is 13.1 Å². The van der Waals surface area contributed by atoms with Crippen LogP contribution in [-0.4, -0.2) is 51.6 Å². The van der Waals surface area contributed by atoms with Gasteiger partial charge in [-0.1, -0.05) is 19.4 Å². The first-order valence-electron chi connectivity index (χ1n) is 9.35. The van der Waals surface area contributed by atoms with E-state index in [4.69, 9.17) is 4.74 Å². The number of carbonyl (C=O) groups is 1. The standard InChI is InChI=1S/C19H26N2O4S/c1-19(12-25-13-19)11-20-26(23,24)17-7-3-5-15(9-17)18(22)21-10-14-4-2-6-16(21)8-14/h3,5,7,9,14,16,20H,2,4,6,8,10-13H2,1H3/t14-,16+/m0/s1. The fraction of sp³-hybridized carbons (Fsp3) is 0.632. The highest BCUT2D eigenvalue weighted by atomic mass is 32.2. The van der Waals surface area contributed by atoms with Crippen molar-refractivity contribution in [1.82, 2.24) is 9.62 Å². The van der Waals surface area contributed by atoms with E-state index in [0.29, 0.717) is 37.3 Å². The molecule has 3 aliphatic rings. The van der Waals surface area contributed by atoms with Gasteiger partial charge in [0.25, 0.3) is 5.91 Å². The van der Waals surface area contributed by atoms with Crippen molar-refractivity contribution in [3.63, 3.8) is 0 Å². The molecular weight excluding hydrogens is 352 g/mol. The number of hydrogen-bond acceptors (Lipinski definition) is 4. The summed E-state index contributed by atoms with van der Waals surface area (Å²) in [7, 11) is -3.64. The molecule has 2 bridgehead atoms. The van der Waals surface area contributed by atoms with Crippen LogP contribution >= 0.6 is 0 Å². The lowest BCUT2D eigenvalue weighted by Crippen LogP contribution is -2.48. The molecule has 3 fully saturated rings. The van der Waals surface area contributed by atoms with Crippen LogP contribution < -0.4 is 4.72 Å². The van der Waals surface area contributed by atoms with Crippen LogP contribution in [0.25, 0.3) is 0 Å². The number of amides is 1. The average molecular weight is 378 g/mol. The molecule has 2 atom stereocenters. The van der Waals surface area contributed by atoms with E-state index in [0.717, 1.165) is 19.4 Å². The first-order chi connectivity index (χ1) is 12.4. The second kappa shape index (κ2) is 6.62. The normalized spacial score (nSPS) is 27.2. The summed E-state index contributed by atoms with van der Waals surface area (Å²) >= 11 is 0. The fourth-order valence-electron chi connectivity index (χ4n) is 4.25. The molecule has 6 nitrogen and oxygen atoms in total. The number of nitrogens with one attached hydrogen (secondary N) is 1. The quantitative estimate of drug-likeness (QED) is 0.850. The number of hydrogen-bond donors (Lipinski definition) is 1. The number of nitrogens with zero attached hydrogens (tertiary/aromatic N) is 1. The molecule has 0 unspecified atom stereocenters. The van der Waals surface area contributed by atoms with Crippen LogP contribution in [0.5, 0.6) is 0 Å². The second-order valence-corrected chi connectivity index (χ2v) is 10.1. The van der Waals surface area contributed by atoms with Crippen molar-refractivity contribution in [2.24, 2.45) is 11.3 Å². The molecule has 1 saturated carbocycles. The molecule has 2 heterocycles. The Hall–Kier alpha value is -1.44. The predicted molar refractivity (Wildman–Crippen MR) is 97.3 cm³/mol. The summed E-state index contributed by atoms with van der Waals surface area (Å²) in [6.07, 6.45) is 4.52. The van der Waals surface area contributed by atoms with Crippen LogP contribution in [-0.2, 0) is 14.8 Å². The summed E-state index contributed by atoms with van der Waals surface area (Å²) < 4.78 is 33.1. The molecule has 0 spiro atoms. The van der Waals surface area contributed by atoms with Gasteiger partial charge in [-0.3, -0.25) is 4.79 Å². The van der Waals surface area contributed by atoms with Gasteiger partial charge in [-0.15, -0.1) is 0 Å². The van der Waals surface area contributed by atoms with Crippen LogP contribution in [0.4, 0.5) is 0 Å². The largest absolute Gasteiger partial charge is 0.380 e. The Kier molecular flexibility index (Phi) is 4.57. The van der Waals surface area contributed by atoms with Gasteiger partial charge in [0, 0.05) is 30.1 Å². The van der Waals surface area contributed by atoms with Crippen molar-refractivity contribution in [2.75, 3.05) is 26.3 Å². The molecular formula is C19H26N2O4S. The van der Waals surface area contributed by atoms with E-state index in [1.165, 1.54) is 18.9 Å². The molecule has 1 amide bonds. The molecule has 1 aromatic rings. The zero-order valence-electron chi connectivity index (χ0n) is 15.1. The molecule has 142 valence electrons. The lowest BCUT2D eigenvalue weighted by atomic mass is 9.89. The summed E-state index contributed by atoms with van der Waals surface area (Å²) in [6, 6.07) is 6.73. The van der Waals surface area contributed by atoms with E-state index >= 15 is 0 Å². The summed E-state index contributed by atoms with van der Waals surface area (Å²) in [5.74, 6) is 0.563. The fourth-order valence-corrected chi connectivity index (χ4v) is 5.50. The van der Waals surface area contributed by atoms with Crippen molar-refractivity contribution in [3.05, 3.63) is 29.8 Å². The minimum Gasteiger partial charge on any atom is -0.380 e. The second-order valence-electron chi connectivity index (χ2n) is 8.30. The zero-order chi connectivity index (χ0) is 18.4. The Morgan fingerprint density at radius 2 is 2.15 bits per heavy atom. The van der Waals surface area contributed by atoms with E-state index in [1.807, 2.05) is 11.8 Å². The first kappa shape index (κ1) is 17.9. The van der Waals surface area contributed by atoms with Crippen LogP contribution in [0.1, 0.15) is 43.0 Å².